The van der Waals surface area contributed by atoms with E-state index in [1.807, 2.05) is 6.07 Å². The number of hydrogen-bond donors (Lipinski definition) is 0. The third-order valence-corrected chi connectivity index (χ3v) is 4.61. The number of carbonyl (C=O) groups is 2. The van der Waals surface area contributed by atoms with Gasteiger partial charge in [-0.05, 0) is 37.3 Å². The second-order valence-corrected chi connectivity index (χ2v) is 6.59. The van der Waals surface area contributed by atoms with Crippen molar-refractivity contribution in [3.05, 3.63) is 64.6 Å². The molecule has 0 saturated carbocycles. The van der Waals surface area contributed by atoms with Crippen LogP contribution in [0.25, 0.3) is 11.0 Å². The Bertz CT molecular complexity index is 1100. The number of amides is 1. The number of furan rings is 1. The van der Waals surface area contributed by atoms with Crippen LogP contribution in [0.5, 0.6) is 0 Å². The molecule has 0 bridgehead atoms. The quantitative estimate of drug-likeness (QED) is 0.549. The maximum absolute atomic E-state index is 13.2. The number of anilines is 1. The van der Waals surface area contributed by atoms with Crippen LogP contribution in [0.2, 0.25) is 5.02 Å². The van der Waals surface area contributed by atoms with Crippen molar-refractivity contribution in [1.82, 2.24) is 0 Å². The topological polar surface area (TPSA) is 83.5 Å². The number of ether oxygens (including phenoxy) is 1. The van der Waals surface area contributed by atoms with Gasteiger partial charge in [0.2, 0.25) is 5.76 Å². The van der Waals surface area contributed by atoms with Crippen LogP contribution in [0.1, 0.15) is 22.5 Å². The number of benzene rings is 2. The van der Waals surface area contributed by atoms with Crippen molar-refractivity contribution in [2.24, 2.45) is 0 Å². The lowest BCUT2D eigenvalue weighted by molar-refractivity contribution is -0.121. The predicted octanol–water partition coefficient (Wildman–Crippen LogP) is 4.64. The maximum atomic E-state index is 13.2. The highest BCUT2D eigenvalue weighted by molar-refractivity contribution is 6.35. The van der Waals surface area contributed by atoms with Crippen molar-refractivity contribution < 1.29 is 23.1 Å². The molecule has 0 N–H and O–H groups in total. The summed E-state index contributed by atoms with van der Waals surface area (Å²) in [5, 5.41) is 9.86. The second-order valence-electron chi connectivity index (χ2n) is 6.18. The highest BCUT2D eigenvalue weighted by atomic mass is 35.5. The minimum atomic E-state index is -0.803. The van der Waals surface area contributed by atoms with Gasteiger partial charge in [0.25, 0.3) is 5.91 Å². The molecule has 6 nitrogen and oxygen atoms in total. The molecule has 1 amide bonds. The molecular weight excluding hydrogens is 399 g/mol. The number of hydrogen-bond acceptors (Lipinski definition) is 5. The van der Waals surface area contributed by atoms with E-state index in [9.17, 15) is 14.0 Å². The van der Waals surface area contributed by atoms with Crippen LogP contribution >= 0.6 is 11.6 Å². The summed E-state index contributed by atoms with van der Waals surface area (Å²) < 4.78 is 23.8. The average molecular weight is 415 g/mol. The molecule has 0 atom stereocenters. The van der Waals surface area contributed by atoms with Crippen LogP contribution < -0.4 is 4.90 Å². The van der Waals surface area contributed by atoms with E-state index in [-0.39, 0.29) is 18.7 Å². The van der Waals surface area contributed by atoms with Crippen molar-refractivity contribution in [3.63, 3.8) is 0 Å². The lowest BCUT2D eigenvalue weighted by atomic mass is 10.1. The van der Waals surface area contributed by atoms with Gasteiger partial charge in [-0.15, -0.1) is 0 Å². The molecule has 0 spiro atoms. The Morgan fingerprint density at radius 1 is 1.24 bits per heavy atom. The standard InChI is InChI=1S/C21H16ClFN2O4/c1-13-16-4-2-5-17(22)20(16)29-19(13)21(27)28-12-18(26)25(11-3-10-24)15-8-6-14(23)7-9-15/h2,4-9H,3,11-12H2,1H3. The molecule has 0 aliphatic rings. The third-order valence-electron chi connectivity index (χ3n) is 4.31. The molecule has 0 aliphatic carbocycles. The third kappa shape index (κ3) is 4.39. The molecule has 3 rings (SSSR count). The van der Waals surface area contributed by atoms with Gasteiger partial charge in [-0.2, -0.15) is 5.26 Å². The summed E-state index contributed by atoms with van der Waals surface area (Å²) in [4.78, 5) is 26.3. The number of nitriles is 1. The normalized spacial score (nSPS) is 10.6. The first-order valence-electron chi connectivity index (χ1n) is 8.70. The number of esters is 1. The Labute approximate surface area is 171 Å². The Hall–Kier alpha value is -3.37. The number of para-hydroxylation sites is 1. The van der Waals surface area contributed by atoms with Gasteiger partial charge in [0, 0.05) is 23.2 Å². The van der Waals surface area contributed by atoms with E-state index in [4.69, 9.17) is 26.0 Å². The van der Waals surface area contributed by atoms with Gasteiger partial charge < -0.3 is 14.1 Å². The van der Waals surface area contributed by atoms with Gasteiger partial charge in [-0.25, -0.2) is 9.18 Å². The molecule has 148 valence electrons. The Balaban J connectivity index is 1.75. The molecule has 29 heavy (non-hydrogen) atoms. The van der Waals surface area contributed by atoms with E-state index in [1.54, 1.807) is 25.1 Å². The number of rotatable bonds is 6. The molecule has 0 fully saturated rings. The van der Waals surface area contributed by atoms with E-state index < -0.39 is 24.3 Å². The molecular formula is C21H16ClFN2O4. The molecule has 0 saturated heterocycles. The van der Waals surface area contributed by atoms with E-state index in [2.05, 4.69) is 0 Å². The molecule has 0 aliphatic heterocycles. The molecule has 3 aromatic rings. The molecule has 8 heteroatoms. The minimum absolute atomic E-state index is 0.0359. The lowest BCUT2D eigenvalue weighted by Crippen LogP contribution is -2.35. The summed E-state index contributed by atoms with van der Waals surface area (Å²) in [6, 6.07) is 12.3. The van der Waals surface area contributed by atoms with Gasteiger partial charge in [0.15, 0.2) is 12.2 Å². The zero-order valence-corrected chi connectivity index (χ0v) is 16.2. The monoisotopic (exact) mass is 414 g/mol. The van der Waals surface area contributed by atoms with E-state index in [0.717, 1.165) is 0 Å². The average Bonchev–Trinajstić information content (AvgIpc) is 3.06. The number of aryl methyl sites for hydroxylation is 1. The SMILES string of the molecule is Cc1c(C(=O)OCC(=O)N(CCC#N)c2ccc(F)cc2)oc2c(Cl)cccc12. The summed E-state index contributed by atoms with van der Waals surface area (Å²) in [5.41, 5.74) is 1.32. The second kappa shape index (κ2) is 8.76. The predicted molar refractivity (Wildman–Crippen MR) is 105 cm³/mol. The first kappa shape index (κ1) is 20.4. The van der Waals surface area contributed by atoms with Crippen LogP contribution in [0, 0.1) is 24.1 Å². The molecule has 0 radical (unpaired) electrons. The van der Waals surface area contributed by atoms with Gasteiger partial charge >= 0.3 is 5.97 Å². The Kier molecular flexibility index (Phi) is 6.15. The zero-order chi connectivity index (χ0) is 21.0. The fourth-order valence-corrected chi connectivity index (χ4v) is 3.07. The van der Waals surface area contributed by atoms with Gasteiger partial charge in [-0.1, -0.05) is 23.7 Å². The summed E-state index contributed by atoms with van der Waals surface area (Å²) in [6.07, 6.45) is 0.0677. The summed E-state index contributed by atoms with van der Waals surface area (Å²) >= 11 is 6.08. The Morgan fingerprint density at radius 2 is 1.97 bits per heavy atom. The molecule has 1 heterocycles. The van der Waals surface area contributed by atoms with E-state index in [1.165, 1.54) is 29.2 Å². The summed E-state index contributed by atoms with van der Waals surface area (Å²) in [6.45, 7) is 1.21. The minimum Gasteiger partial charge on any atom is -0.450 e. The van der Waals surface area contributed by atoms with Crippen molar-refractivity contribution in [3.8, 4) is 6.07 Å². The van der Waals surface area contributed by atoms with Crippen molar-refractivity contribution >= 4 is 40.1 Å². The highest BCUT2D eigenvalue weighted by Crippen LogP contribution is 2.31. The maximum Gasteiger partial charge on any atom is 0.375 e. The van der Waals surface area contributed by atoms with Gasteiger partial charge in [0.1, 0.15) is 5.82 Å². The number of fused-ring (bicyclic) bond motifs is 1. The van der Waals surface area contributed by atoms with Gasteiger partial charge in [0.05, 0.1) is 17.5 Å². The van der Waals surface area contributed by atoms with Crippen LogP contribution in [0.15, 0.2) is 46.9 Å². The molecule has 1 aromatic heterocycles. The lowest BCUT2D eigenvalue weighted by Gasteiger charge is -2.21. The van der Waals surface area contributed by atoms with Crippen LogP contribution in [-0.4, -0.2) is 25.0 Å². The number of nitrogens with zero attached hydrogens (tertiary/aromatic N) is 2. The van der Waals surface area contributed by atoms with E-state index >= 15 is 0 Å². The van der Waals surface area contributed by atoms with Gasteiger partial charge in [-0.3, -0.25) is 4.79 Å². The zero-order valence-electron chi connectivity index (χ0n) is 15.4. The molecule has 0 unspecified atom stereocenters. The van der Waals surface area contributed by atoms with Crippen LogP contribution in [-0.2, 0) is 9.53 Å². The first-order chi connectivity index (χ1) is 13.9. The number of halogens is 2. The highest BCUT2D eigenvalue weighted by Gasteiger charge is 2.23. The molecule has 2 aromatic carbocycles. The van der Waals surface area contributed by atoms with E-state index in [0.29, 0.717) is 27.2 Å². The van der Waals surface area contributed by atoms with Crippen molar-refractivity contribution in [2.45, 2.75) is 13.3 Å². The Morgan fingerprint density at radius 3 is 2.62 bits per heavy atom. The largest absolute Gasteiger partial charge is 0.450 e. The van der Waals surface area contributed by atoms with Crippen LogP contribution in [0.3, 0.4) is 0 Å². The number of carbonyl (C=O) groups excluding carboxylic acids is 2. The van der Waals surface area contributed by atoms with Crippen molar-refractivity contribution in [2.75, 3.05) is 18.1 Å². The fraction of sp³-hybridized carbons (Fsp3) is 0.190. The van der Waals surface area contributed by atoms with Crippen LogP contribution in [0.4, 0.5) is 10.1 Å². The summed E-state index contributed by atoms with van der Waals surface area (Å²) in [7, 11) is 0. The van der Waals surface area contributed by atoms with Crippen molar-refractivity contribution in [1.29, 1.82) is 5.26 Å². The smallest absolute Gasteiger partial charge is 0.375 e. The fourth-order valence-electron chi connectivity index (χ4n) is 2.85. The first-order valence-corrected chi connectivity index (χ1v) is 9.07. The summed E-state index contributed by atoms with van der Waals surface area (Å²) in [5.74, 6) is -1.84.